The van der Waals surface area contributed by atoms with Crippen molar-refractivity contribution in [2.75, 3.05) is 0 Å². The summed E-state index contributed by atoms with van der Waals surface area (Å²) >= 11 is 1.51. The van der Waals surface area contributed by atoms with Crippen LogP contribution in [0.3, 0.4) is 0 Å². The molecule has 3 N–H and O–H groups in total. The summed E-state index contributed by atoms with van der Waals surface area (Å²) in [5.41, 5.74) is 1.28. The van der Waals surface area contributed by atoms with Crippen LogP contribution in [0.1, 0.15) is 5.69 Å². The normalized spacial score (nSPS) is 12.4. The van der Waals surface area contributed by atoms with Gasteiger partial charge in [-0.25, -0.2) is 31.4 Å². The number of hydrogen-bond donors (Lipinski definition) is 2. The highest BCUT2D eigenvalue weighted by molar-refractivity contribution is 7.89. The van der Waals surface area contributed by atoms with Crippen LogP contribution in [-0.2, 0) is 26.6 Å². The fourth-order valence-electron chi connectivity index (χ4n) is 1.95. The van der Waals surface area contributed by atoms with E-state index in [1.165, 1.54) is 23.5 Å². The molecule has 2 aromatic heterocycles. The van der Waals surface area contributed by atoms with Crippen LogP contribution in [0.15, 0.2) is 57.1 Å². The molecule has 3 rings (SSSR count). The molecule has 0 aliphatic rings. The smallest absolute Gasteiger partial charge is 0.225 e. The molecule has 0 spiro atoms. The second-order valence-corrected chi connectivity index (χ2v) is 9.09. The van der Waals surface area contributed by atoms with E-state index < -0.39 is 20.0 Å². The molecule has 25 heavy (non-hydrogen) atoms. The Morgan fingerprint density at radius 3 is 2.36 bits per heavy atom. The first-order valence-electron chi connectivity index (χ1n) is 6.82. The van der Waals surface area contributed by atoms with Crippen LogP contribution in [0.4, 0.5) is 0 Å². The summed E-state index contributed by atoms with van der Waals surface area (Å²) in [7, 11) is -7.70. The van der Waals surface area contributed by atoms with Gasteiger partial charge in [0.05, 0.1) is 33.9 Å². The molecule has 3 aromatic rings. The summed E-state index contributed by atoms with van der Waals surface area (Å²) in [6, 6.07) is 6.47. The van der Waals surface area contributed by atoms with Crippen LogP contribution in [0.2, 0.25) is 0 Å². The van der Waals surface area contributed by atoms with Crippen molar-refractivity contribution in [1.82, 2.24) is 19.7 Å². The van der Waals surface area contributed by atoms with E-state index in [4.69, 9.17) is 5.14 Å². The molecule has 1 aromatic carbocycles. The molecular formula is C13H13N5O4S3. The lowest BCUT2D eigenvalue weighted by molar-refractivity contribution is 0.579. The lowest BCUT2D eigenvalue weighted by Crippen LogP contribution is -2.23. The van der Waals surface area contributed by atoms with E-state index in [0.29, 0.717) is 5.69 Å². The largest absolute Gasteiger partial charge is 0.240 e. The van der Waals surface area contributed by atoms with Gasteiger partial charge in [0.2, 0.25) is 20.0 Å². The van der Waals surface area contributed by atoms with Crippen LogP contribution in [-0.4, -0.2) is 31.8 Å². The summed E-state index contributed by atoms with van der Waals surface area (Å²) in [6.07, 6.45) is 1.62. The zero-order valence-corrected chi connectivity index (χ0v) is 15.1. The SMILES string of the molecule is NS(=O)(=O)c1ccc(S(=O)(=O)NCc2cn(-c3ccsc3)nn2)cc1. The van der Waals surface area contributed by atoms with Crippen LogP contribution >= 0.6 is 11.3 Å². The van der Waals surface area contributed by atoms with Gasteiger partial charge in [-0.3, -0.25) is 0 Å². The molecule has 0 saturated heterocycles. The quantitative estimate of drug-likeness (QED) is 0.617. The van der Waals surface area contributed by atoms with E-state index in [9.17, 15) is 16.8 Å². The topological polar surface area (TPSA) is 137 Å². The number of nitrogens with two attached hydrogens (primary N) is 1. The molecular weight excluding hydrogens is 386 g/mol. The molecule has 9 nitrogen and oxygen atoms in total. The molecule has 0 aliphatic carbocycles. The summed E-state index contributed by atoms with van der Waals surface area (Å²) in [5, 5.41) is 16.6. The zero-order chi connectivity index (χ0) is 18.1. The first-order valence-corrected chi connectivity index (χ1v) is 10.8. The molecule has 0 unspecified atom stereocenters. The summed E-state index contributed by atoms with van der Waals surface area (Å²) in [6.45, 7) is -0.0522. The minimum atomic E-state index is -3.87. The number of thiophene rings is 1. The van der Waals surface area contributed by atoms with E-state index >= 15 is 0 Å². The van der Waals surface area contributed by atoms with Crippen LogP contribution < -0.4 is 9.86 Å². The van der Waals surface area contributed by atoms with Gasteiger partial charge in [0.15, 0.2) is 0 Å². The Hall–Kier alpha value is -2.12. The third-order valence-corrected chi connectivity index (χ3v) is 6.23. The maximum absolute atomic E-state index is 12.3. The molecule has 0 aliphatic heterocycles. The van der Waals surface area contributed by atoms with Crippen molar-refractivity contribution in [3.8, 4) is 5.69 Å². The van der Waals surface area contributed by atoms with Gasteiger partial charge in [0.25, 0.3) is 0 Å². The first kappa shape index (κ1) is 17.7. The number of benzene rings is 1. The van der Waals surface area contributed by atoms with Gasteiger partial charge in [-0.05, 0) is 35.7 Å². The van der Waals surface area contributed by atoms with Crippen LogP contribution in [0, 0.1) is 0 Å². The van der Waals surface area contributed by atoms with E-state index in [2.05, 4.69) is 15.0 Å². The Bertz CT molecular complexity index is 1070. The van der Waals surface area contributed by atoms with Crippen LogP contribution in [0.5, 0.6) is 0 Å². The number of primary sulfonamides is 1. The van der Waals surface area contributed by atoms with Crippen molar-refractivity contribution in [2.24, 2.45) is 5.14 Å². The van der Waals surface area contributed by atoms with E-state index in [1.54, 1.807) is 10.9 Å². The maximum atomic E-state index is 12.3. The van der Waals surface area contributed by atoms with Gasteiger partial charge >= 0.3 is 0 Å². The highest BCUT2D eigenvalue weighted by Gasteiger charge is 2.16. The highest BCUT2D eigenvalue weighted by atomic mass is 32.2. The lowest BCUT2D eigenvalue weighted by Gasteiger charge is -2.06. The van der Waals surface area contributed by atoms with Crippen molar-refractivity contribution in [2.45, 2.75) is 16.3 Å². The summed E-state index contributed by atoms with van der Waals surface area (Å²) in [5.74, 6) is 0. The fourth-order valence-corrected chi connectivity index (χ4v) is 4.09. The number of nitrogens with zero attached hydrogens (tertiary/aromatic N) is 3. The second kappa shape index (κ2) is 6.65. The Kier molecular flexibility index (Phi) is 4.71. The van der Waals surface area contributed by atoms with Crippen molar-refractivity contribution < 1.29 is 16.8 Å². The number of hydrogen-bond acceptors (Lipinski definition) is 7. The zero-order valence-electron chi connectivity index (χ0n) is 12.6. The van der Waals surface area contributed by atoms with Crippen molar-refractivity contribution in [3.05, 3.63) is 53.0 Å². The molecule has 0 atom stereocenters. The number of aromatic nitrogens is 3. The minimum absolute atomic E-state index is 0.0522. The van der Waals surface area contributed by atoms with Gasteiger partial charge in [0.1, 0.15) is 0 Å². The number of sulfonamides is 2. The van der Waals surface area contributed by atoms with E-state index in [-0.39, 0.29) is 16.3 Å². The van der Waals surface area contributed by atoms with E-state index in [1.807, 2.05) is 16.8 Å². The molecule has 2 heterocycles. The highest BCUT2D eigenvalue weighted by Crippen LogP contribution is 2.14. The Morgan fingerprint density at radius 2 is 1.76 bits per heavy atom. The lowest BCUT2D eigenvalue weighted by atomic mass is 10.4. The molecule has 0 radical (unpaired) electrons. The average Bonchev–Trinajstić information content (AvgIpc) is 3.23. The predicted octanol–water partition coefficient (Wildman–Crippen LogP) is 0.455. The molecule has 0 saturated carbocycles. The third-order valence-electron chi connectivity index (χ3n) is 3.22. The Labute approximate surface area is 148 Å². The first-order chi connectivity index (χ1) is 11.8. The van der Waals surface area contributed by atoms with Gasteiger partial charge in [-0.1, -0.05) is 5.21 Å². The summed E-state index contributed by atoms with van der Waals surface area (Å²) in [4.78, 5) is -0.240. The van der Waals surface area contributed by atoms with Gasteiger partial charge < -0.3 is 0 Å². The Morgan fingerprint density at radius 1 is 1.08 bits per heavy atom. The molecule has 132 valence electrons. The maximum Gasteiger partial charge on any atom is 0.240 e. The monoisotopic (exact) mass is 399 g/mol. The van der Waals surface area contributed by atoms with Gasteiger partial charge in [0, 0.05) is 5.38 Å². The van der Waals surface area contributed by atoms with Crippen molar-refractivity contribution in [3.63, 3.8) is 0 Å². The molecule has 12 heteroatoms. The molecule has 0 amide bonds. The van der Waals surface area contributed by atoms with Crippen molar-refractivity contribution in [1.29, 1.82) is 0 Å². The van der Waals surface area contributed by atoms with Gasteiger partial charge in [-0.15, -0.1) is 5.10 Å². The third kappa shape index (κ3) is 4.11. The van der Waals surface area contributed by atoms with Crippen LogP contribution in [0.25, 0.3) is 5.69 Å². The summed E-state index contributed by atoms with van der Waals surface area (Å²) < 4.78 is 50.8. The predicted molar refractivity (Wildman–Crippen MR) is 91.1 cm³/mol. The van der Waals surface area contributed by atoms with Crippen molar-refractivity contribution >= 4 is 31.4 Å². The van der Waals surface area contributed by atoms with Gasteiger partial charge in [-0.2, -0.15) is 11.3 Å². The minimum Gasteiger partial charge on any atom is -0.225 e. The number of rotatable bonds is 6. The molecule has 0 bridgehead atoms. The average molecular weight is 399 g/mol. The standard InChI is InChI=1S/C13H13N5O4S3/c14-24(19,20)12-1-3-13(4-2-12)25(21,22)15-7-10-8-18(17-16-10)11-5-6-23-9-11/h1-6,8-9,15H,7H2,(H2,14,19,20). The Balaban J connectivity index is 1.72. The number of nitrogens with one attached hydrogen (secondary N) is 1. The van der Waals surface area contributed by atoms with E-state index in [0.717, 1.165) is 17.8 Å². The molecule has 0 fully saturated rings. The fraction of sp³-hybridized carbons (Fsp3) is 0.0769. The second-order valence-electron chi connectivity index (χ2n) is 4.98.